The highest BCUT2D eigenvalue weighted by atomic mass is 79.9. The summed E-state index contributed by atoms with van der Waals surface area (Å²) in [4.78, 5) is 26.0. The molecule has 1 aliphatic heterocycles. The SMILES string of the molecule is Cc1csc(N2CCCN(C(=O)c3ccc(Oc4cccc(Br)c4)nc3)CC2)n1. The second kappa shape index (κ2) is 8.92. The molecular weight excluding hydrogens is 452 g/mol. The number of halogens is 1. The van der Waals surface area contributed by atoms with Gasteiger partial charge in [0.1, 0.15) is 5.75 Å². The molecule has 3 heterocycles. The van der Waals surface area contributed by atoms with E-state index in [4.69, 9.17) is 4.74 Å². The minimum atomic E-state index is 0.00340. The van der Waals surface area contributed by atoms with Crippen molar-refractivity contribution in [2.75, 3.05) is 31.1 Å². The van der Waals surface area contributed by atoms with Crippen molar-refractivity contribution in [3.8, 4) is 11.6 Å². The molecule has 8 heteroatoms. The molecule has 0 spiro atoms. The number of anilines is 1. The summed E-state index contributed by atoms with van der Waals surface area (Å²) < 4.78 is 6.68. The Labute approximate surface area is 182 Å². The number of amides is 1. The van der Waals surface area contributed by atoms with E-state index in [2.05, 4.69) is 36.2 Å². The molecule has 29 heavy (non-hydrogen) atoms. The van der Waals surface area contributed by atoms with Crippen molar-refractivity contribution in [2.24, 2.45) is 0 Å². The van der Waals surface area contributed by atoms with Gasteiger partial charge in [-0.05, 0) is 37.6 Å². The number of carbonyl (C=O) groups excluding carboxylic acids is 1. The van der Waals surface area contributed by atoms with E-state index in [0.717, 1.165) is 41.4 Å². The molecule has 1 fully saturated rings. The Hall–Kier alpha value is -2.45. The molecule has 6 nitrogen and oxygen atoms in total. The van der Waals surface area contributed by atoms with E-state index in [1.54, 1.807) is 29.7 Å². The quantitative estimate of drug-likeness (QED) is 0.547. The van der Waals surface area contributed by atoms with Gasteiger partial charge in [0, 0.05) is 48.3 Å². The Bertz CT molecular complexity index is 992. The Morgan fingerprint density at radius 2 is 2.07 bits per heavy atom. The first-order valence-corrected chi connectivity index (χ1v) is 11.1. The molecular formula is C21H21BrN4O2S. The van der Waals surface area contributed by atoms with Gasteiger partial charge in [-0.2, -0.15) is 0 Å². The number of benzene rings is 1. The molecule has 0 aliphatic carbocycles. The standard InChI is InChI=1S/C21H21BrN4O2S/c1-15-14-29-21(24-15)26-9-3-8-25(10-11-26)20(27)16-6-7-19(23-13-16)28-18-5-2-4-17(22)12-18/h2,4-7,12-14H,3,8-11H2,1H3. The minimum Gasteiger partial charge on any atom is -0.439 e. The second-order valence-electron chi connectivity index (χ2n) is 6.85. The summed E-state index contributed by atoms with van der Waals surface area (Å²) in [5.74, 6) is 1.15. The highest BCUT2D eigenvalue weighted by molar-refractivity contribution is 9.10. The first-order valence-electron chi connectivity index (χ1n) is 9.44. The van der Waals surface area contributed by atoms with Gasteiger partial charge in [-0.15, -0.1) is 11.3 Å². The molecule has 3 aromatic rings. The van der Waals surface area contributed by atoms with Gasteiger partial charge in [-0.1, -0.05) is 22.0 Å². The zero-order valence-corrected chi connectivity index (χ0v) is 18.4. The molecule has 0 bridgehead atoms. The average molecular weight is 473 g/mol. The lowest BCUT2D eigenvalue weighted by Crippen LogP contribution is -2.35. The van der Waals surface area contributed by atoms with Crippen LogP contribution in [0, 0.1) is 6.92 Å². The third-order valence-corrected chi connectivity index (χ3v) is 6.17. The van der Waals surface area contributed by atoms with Gasteiger partial charge < -0.3 is 14.5 Å². The molecule has 1 amide bonds. The van der Waals surface area contributed by atoms with Crippen molar-refractivity contribution in [3.63, 3.8) is 0 Å². The van der Waals surface area contributed by atoms with Crippen molar-refractivity contribution in [1.82, 2.24) is 14.9 Å². The van der Waals surface area contributed by atoms with E-state index in [9.17, 15) is 4.79 Å². The lowest BCUT2D eigenvalue weighted by Gasteiger charge is -2.21. The molecule has 0 atom stereocenters. The molecule has 0 saturated carbocycles. The maximum Gasteiger partial charge on any atom is 0.255 e. The summed E-state index contributed by atoms with van der Waals surface area (Å²) in [5, 5.41) is 3.10. The monoisotopic (exact) mass is 472 g/mol. The summed E-state index contributed by atoms with van der Waals surface area (Å²) in [5.41, 5.74) is 1.61. The van der Waals surface area contributed by atoms with Gasteiger partial charge >= 0.3 is 0 Å². The van der Waals surface area contributed by atoms with Crippen LogP contribution in [-0.2, 0) is 0 Å². The number of rotatable bonds is 4. The maximum absolute atomic E-state index is 12.9. The van der Waals surface area contributed by atoms with E-state index in [-0.39, 0.29) is 5.91 Å². The van der Waals surface area contributed by atoms with Crippen molar-refractivity contribution in [1.29, 1.82) is 0 Å². The molecule has 0 radical (unpaired) electrons. The normalized spacial score (nSPS) is 14.6. The smallest absolute Gasteiger partial charge is 0.255 e. The highest BCUT2D eigenvalue weighted by Crippen LogP contribution is 2.24. The number of aromatic nitrogens is 2. The van der Waals surface area contributed by atoms with E-state index < -0.39 is 0 Å². The number of carbonyl (C=O) groups is 1. The molecule has 0 unspecified atom stereocenters. The minimum absolute atomic E-state index is 0.00340. The molecule has 4 rings (SSSR count). The predicted octanol–water partition coefficient (Wildman–Crippen LogP) is 4.75. The fourth-order valence-corrected chi connectivity index (χ4v) is 4.43. The van der Waals surface area contributed by atoms with Crippen LogP contribution in [0.4, 0.5) is 5.13 Å². The zero-order valence-electron chi connectivity index (χ0n) is 16.0. The molecule has 1 aromatic carbocycles. The Kier molecular flexibility index (Phi) is 6.10. The van der Waals surface area contributed by atoms with Crippen LogP contribution >= 0.6 is 27.3 Å². The Morgan fingerprint density at radius 3 is 2.79 bits per heavy atom. The summed E-state index contributed by atoms with van der Waals surface area (Å²) in [7, 11) is 0. The highest BCUT2D eigenvalue weighted by Gasteiger charge is 2.22. The van der Waals surface area contributed by atoms with Gasteiger partial charge in [-0.3, -0.25) is 4.79 Å². The summed E-state index contributed by atoms with van der Waals surface area (Å²) in [6.45, 7) is 5.11. The molecule has 0 N–H and O–H groups in total. The van der Waals surface area contributed by atoms with Crippen LogP contribution in [-0.4, -0.2) is 47.0 Å². The first kappa shape index (κ1) is 19.8. The van der Waals surface area contributed by atoms with Crippen molar-refractivity contribution < 1.29 is 9.53 Å². The fraction of sp³-hybridized carbons (Fsp3) is 0.286. The van der Waals surface area contributed by atoms with Gasteiger partial charge in [0.15, 0.2) is 5.13 Å². The van der Waals surface area contributed by atoms with Crippen molar-refractivity contribution in [3.05, 3.63) is 63.7 Å². The topological polar surface area (TPSA) is 58.6 Å². The van der Waals surface area contributed by atoms with Gasteiger partial charge in [0.25, 0.3) is 5.91 Å². The average Bonchev–Trinajstić information content (AvgIpc) is 3.00. The molecule has 1 aliphatic rings. The first-order chi connectivity index (χ1) is 14.1. The number of hydrogen-bond acceptors (Lipinski definition) is 6. The van der Waals surface area contributed by atoms with Crippen LogP contribution < -0.4 is 9.64 Å². The number of thiazole rings is 1. The van der Waals surface area contributed by atoms with Crippen LogP contribution in [0.3, 0.4) is 0 Å². The van der Waals surface area contributed by atoms with E-state index in [1.807, 2.05) is 36.1 Å². The third-order valence-electron chi connectivity index (χ3n) is 4.66. The van der Waals surface area contributed by atoms with Crippen LogP contribution in [0.15, 0.2) is 52.4 Å². The van der Waals surface area contributed by atoms with Crippen molar-refractivity contribution >= 4 is 38.3 Å². The van der Waals surface area contributed by atoms with Crippen molar-refractivity contribution in [2.45, 2.75) is 13.3 Å². The fourth-order valence-electron chi connectivity index (χ4n) is 3.20. The molecule has 2 aromatic heterocycles. The van der Waals surface area contributed by atoms with E-state index in [1.165, 1.54) is 0 Å². The second-order valence-corrected chi connectivity index (χ2v) is 8.60. The number of ether oxygens (including phenoxy) is 1. The Balaban J connectivity index is 1.39. The maximum atomic E-state index is 12.9. The summed E-state index contributed by atoms with van der Waals surface area (Å²) in [6.07, 6.45) is 2.50. The Morgan fingerprint density at radius 1 is 1.17 bits per heavy atom. The summed E-state index contributed by atoms with van der Waals surface area (Å²) in [6, 6.07) is 11.1. The lowest BCUT2D eigenvalue weighted by molar-refractivity contribution is 0.0766. The predicted molar refractivity (Wildman–Crippen MR) is 118 cm³/mol. The number of hydrogen-bond donors (Lipinski definition) is 0. The van der Waals surface area contributed by atoms with Crippen LogP contribution in [0.5, 0.6) is 11.6 Å². The largest absolute Gasteiger partial charge is 0.439 e. The van der Waals surface area contributed by atoms with Crippen LogP contribution in [0.25, 0.3) is 0 Å². The number of aryl methyl sites for hydroxylation is 1. The van der Waals surface area contributed by atoms with Gasteiger partial charge in [0.05, 0.1) is 11.3 Å². The third kappa shape index (κ3) is 4.94. The number of pyridine rings is 1. The van der Waals surface area contributed by atoms with Crippen LogP contribution in [0.1, 0.15) is 22.5 Å². The number of nitrogens with zero attached hydrogens (tertiary/aromatic N) is 4. The molecule has 1 saturated heterocycles. The van der Waals surface area contributed by atoms with Gasteiger partial charge in [-0.25, -0.2) is 9.97 Å². The zero-order chi connectivity index (χ0) is 20.2. The van der Waals surface area contributed by atoms with Gasteiger partial charge in [0.2, 0.25) is 5.88 Å². The molecule has 150 valence electrons. The lowest BCUT2D eigenvalue weighted by atomic mass is 10.2. The summed E-state index contributed by atoms with van der Waals surface area (Å²) >= 11 is 5.08. The van der Waals surface area contributed by atoms with E-state index in [0.29, 0.717) is 23.7 Å². The van der Waals surface area contributed by atoms with Crippen LogP contribution in [0.2, 0.25) is 0 Å². The van der Waals surface area contributed by atoms with E-state index >= 15 is 0 Å².